The first-order chi connectivity index (χ1) is 11.6. The molecular weight excluding hydrogens is 304 g/mol. The van der Waals surface area contributed by atoms with Crippen LogP contribution in [0.15, 0.2) is 48.5 Å². The first-order valence-electron chi connectivity index (χ1n) is 7.83. The van der Waals surface area contributed by atoms with Gasteiger partial charge in [-0.15, -0.1) is 0 Å². The van der Waals surface area contributed by atoms with E-state index >= 15 is 0 Å². The standard InChI is InChI=1S/C19H22N2O3/c1-14(22)21-17-8-6-16(7-9-17)13-19(23)20-11-10-15-4-3-5-18(12-15)24-2/h3-9,12H,10-11,13H2,1-2H3,(H,20,23)(H,21,22). The minimum atomic E-state index is -0.113. The summed E-state index contributed by atoms with van der Waals surface area (Å²) in [4.78, 5) is 23.0. The lowest BCUT2D eigenvalue weighted by molar-refractivity contribution is -0.120. The van der Waals surface area contributed by atoms with Crippen LogP contribution < -0.4 is 15.4 Å². The maximum Gasteiger partial charge on any atom is 0.224 e. The van der Waals surface area contributed by atoms with Crippen LogP contribution in [0.1, 0.15) is 18.1 Å². The minimum absolute atomic E-state index is 0.0230. The number of rotatable bonds is 7. The van der Waals surface area contributed by atoms with Crippen molar-refractivity contribution in [2.45, 2.75) is 19.8 Å². The molecule has 0 bridgehead atoms. The molecule has 0 atom stereocenters. The van der Waals surface area contributed by atoms with Crippen LogP contribution in [0.3, 0.4) is 0 Å². The molecule has 0 saturated carbocycles. The summed E-state index contributed by atoms with van der Waals surface area (Å²) in [6, 6.07) is 15.1. The molecule has 5 heteroatoms. The van der Waals surface area contributed by atoms with Gasteiger partial charge >= 0.3 is 0 Å². The predicted octanol–water partition coefficient (Wildman–Crippen LogP) is 2.56. The van der Waals surface area contributed by atoms with E-state index in [1.165, 1.54) is 6.92 Å². The highest BCUT2D eigenvalue weighted by atomic mass is 16.5. The molecule has 2 aromatic rings. The number of ether oxygens (including phenoxy) is 1. The van der Waals surface area contributed by atoms with Gasteiger partial charge in [-0.2, -0.15) is 0 Å². The fourth-order valence-electron chi connectivity index (χ4n) is 2.33. The van der Waals surface area contributed by atoms with Crippen LogP contribution in [0.5, 0.6) is 5.75 Å². The summed E-state index contributed by atoms with van der Waals surface area (Å²) in [6.07, 6.45) is 1.07. The molecule has 0 aromatic heterocycles. The number of methoxy groups -OCH3 is 1. The first kappa shape index (κ1) is 17.5. The van der Waals surface area contributed by atoms with Crippen molar-refractivity contribution in [3.8, 4) is 5.75 Å². The van der Waals surface area contributed by atoms with Crippen molar-refractivity contribution < 1.29 is 14.3 Å². The minimum Gasteiger partial charge on any atom is -0.497 e. The topological polar surface area (TPSA) is 67.4 Å². The lowest BCUT2D eigenvalue weighted by Gasteiger charge is -2.08. The van der Waals surface area contributed by atoms with Gasteiger partial charge in [-0.25, -0.2) is 0 Å². The molecule has 2 rings (SSSR count). The summed E-state index contributed by atoms with van der Waals surface area (Å²) in [5.74, 6) is 0.682. The molecule has 0 spiro atoms. The molecule has 0 heterocycles. The average molecular weight is 326 g/mol. The number of hydrogen-bond acceptors (Lipinski definition) is 3. The zero-order valence-corrected chi connectivity index (χ0v) is 14.0. The third-order valence-corrected chi connectivity index (χ3v) is 3.51. The Kier molecular flexibility index (Phi) is 6.37. The number of anilines is 1. The Balaban J connectivity index is 1.77. The SMILES string of the molecule is COc1cccc(CCNC(=O)Cc2ccc(NC(C)=O)cc2)c1. The van der Waals surface area contributed by atoms with Crippen LogP contribution in [0.4, 0.5) is 5.69 Å². The van der Waals surface area contributed by atoms with Crippen molar-refractivity contribution in [3.63, 3.8) is 0 Å². The highest BCUT2D eigenvalue weighted by Gasteiger charge is 2.04. The van der Waals surface area contributed by atoms with Crippen molar-refractivity contribution >= 4 is 17.5 Å². The summed E-state index contributed by atoms with van der Waals surface area (Å²) >= 11 is 0. The van der Waals surface area contributed by atoms with Gasteiger partial charge in [-0.1, -0.05) is 24.3 Å². The van der Waals surface area contributed by atoms with Crippen LogP contribution in [0, 0.1) is 0 Å². The molecule has 2 aromatic carbocycles. The third-order valence-electron chi connectivity index (χ3n) is 3.51. The van der Waals surface area contributed by atoms with Crippen molar-refractivity contribution in [1.29, 1.82) is 0 Å². The van der Waals surface area contributed by atoms with Crippen LogP contribution in [0.25, 0.3) is 0 Å². The highest BCUT2D eigenvalue weighted by molar-refractivity contribution is 5.88. The Morgan fingerprint density at radius 3 is 2.46 bits per heavy atom. The van der Waals surface area contributed by atoms with E-state index in [1.54, 1.807) is 19.2 Å². The van der Waals surface area contributed by atoms with E-state index in [2.05, 4.69) is 10.6 Å². The van der Waals surface area contributed by atoms with E-state index in [0.29, 0.717) is 13.0 Å². The van der Waals surface area contributed by atoms with Gasteiger partial charge in [-0.3, -0.25) is 9.59 Å². The number of amides is 2. The molecule has 0 saturated heterocycles. The van der Waals surface area contributed by atoms with Crippen molar-refractivity contribution in [1.82, 2.24) is 5.32 Å². The molecule has 0 unspecified atom stereocenters. The van der Waals surface area contributed by atoms with Crippen molar-refractivity contribution in [3.05, 3.63) is 59.7 Å². The van der Waals surface area contributed by atoms with Gasteiger partial charge in [-0.05, 0) is 41.8 Å². The number of carbonyl (C=O) groups excluding carboxylic acids is 2. The summed E-state index contributed by atoms with van der Waals surface area (Å²) in [6.45, 7) is 2.04. The highest BCUT2D eigenvalue weighted by Crippen LogP contribution is 2.13. The molecule has 126 valence electrons. The maximum absolute atomic E-state index is 12.0. The van der Waals surface area contributed by atoms with E-state index in [9.17, 15) is 9.59 Å². The Hall–Kier alpha value is -2.82. The quantitative estimate of drug-likeness (QED) is 0.822. The summed E-state index contributed by atoms with van der Waals surface area (Å²) in [5.41, 5.74) is 2.75. The zero-order chi connectivity index (χ0) is 17.4. The zero-order valence-electron chi connectivity index (χ0n) is 14.0. The third kappa shape index (κ3) is 5.76. The van der Waals surface area contributed by atoms with Crippen molar-refractivity contribution in [2.75, 3.05) is 19.0 Å². The summed E-state index contributed by atoms with van der Waals surface area (Å²) in [7, 11) is 1.64. The van der Waals surface area contributed by atoms with Gasteiger partial charge in [0.25, 0.3) is 0 Å². The van der Waals surface area contributed by atoms with Crippen LogP contribution in [0.2, 0.25) is 0 Å². The van der Waals surface area contributed by atoms with E-state index in [4.69, 9.17) is 4.74 Å². The molecule has 0 aliphatic heterocycles. The molecule has 0 aliphatic rings. The molecule has 0 aliphatic carbocycles. The summed E-state index contributed by atoms with van der Waals surface area (Å²) < 4.78 is 5.18. The van der Waals surface area contributed by atoms with Crippen LogP contribution in [-0.2, 0) is 22.4 Å². The Morgan fingerprint density at radius 2 is 1.79 bits per heavy atom. The molecule has 24 heavy (non-hydrogen) atoms. The molecule has 0 radical (unpaired) electrons. The maximum atomic E-state index is 12.0. The van der Waals surface area contributed by atoms with Crippen LogP contribution in [-0.4, -0.2) is 25.5 Å². The first-order valence-corrected chi connectivity index (χ1v) is 7.83. The van der Waals surface area contributed by atoms with E-state index in [1.807, 2.05) is 36.4 Å². The monoisotopic (exact) mass is 326 g/mol. The second kappa shape index (κ2) is 8.72. The van der Waals surface area contributed by atoms with E-state index in [-0.39, 0.29) is 11.8 Å². The fraction of sp³-hybridized carbons (Fsp3) is 0.263. The molecule has 0 fully saturated rings. The molecule has 2 N–H and O–H groups in total. The number of benzene rings is 2. The van der Waals surface area contributed by atoms with Gasteiger partial charge < -0.3 is 15.4 Å². The van der Waals surface area contributed by atoms with Gasteiger partial charge in [0, 0.05) is 19.2 Å². The lowest BCUT2D eigenvalue weighted by atomic mass is 10.1. The normalized spacial score (nSPS) is 10.1. The Bertz CT molecular complexity index is 696. The summed E-state index contributed by atoms with van der Waals surface area (Å²) in [5, 5.41) is 5.61. The van der Waals surface area contributed by atoms with Gasteiger partial charge in [0.2, 0.25) is 11.8 Å². The van der Waals surface area contributed by atoms with Gasteiger partial charge in [0.05, 0.1) is 13.5 Å². The fourth-order valence-corrected chi connectivity index (χ4v) is 2.33. The lowest BCUT2D eigenvalue weighted by Crippen LogP contribution is -2.27. The van der Waals surface area contributed by atoms with Crippen LogP contribution >= 0.6 is 0 Å². The number of hydrogen-bond donors (Lipinski definition) is 2. The smallest absolute Gasteiger partial charge is 0.224 e. The Labute approximate surface area is 142 Å². The second-order valence-electron chi connectivity index (χ2n) is 5.51. The largest absolute Gasteiger partial charge is 0.497 e. The second-order valence-corrected chi connectivity index (χ2v) is 5.51. The molecule has 5 nitrogen and oxygen atoms in total. The number of carbonyl (C=O) groups is 2. The molecular formula is C19H22N2O3. The Morgan fingerprint density at radius 1 is 1.04 bits per heavy atom. The molecule has 2 amide bonds. The predicted molar refractivity (Wildman–Crippen MR) is 94.2 cm³/mol. The van der Waals surface area contributed by atoms with Gasteiger partial charge in [0.15, 0.2) is 0 Å². The van der Waals surface area contributed by atoms with Crippen molar-refractivity contribution in [2.24, 2.45) is 0 Å². The van der Waals surface area contributed by atoms with E-state index < -0.39 is 0 Å². The van der Waals surface area contributed by atoms with E-state index in [0.717, 1.165) is 29.0 Å². The number of nitrogens with one attached hydrogen (secondary N) is 2. The van der Waals surface area contributed by atoms with Gasteiger partial charge in [0.1, 0.15) is 5.75 Å². The average Bonchev–Trinajstić information content (AvgIpc) is 2.56.